The van der Waals surface area contributed by atoms with E-state index in [2.05, 4.69) is 14.9 Å². The van der Waals surface area contributed by atoms with Crippen LogP contribution in [-0.4, -0.2) is 50.4 Å². The van der Waals surface area contributed by atoms with Crippen LogP contribution in [0.5, 0.6) is 0 Å². The van der Waals surface area contributed by atoms with Crippen LogP contribution in [0.4, 0.5) is 0 Å². The Balaban J connectivity index is 1.84. The van der Waals surface area contributed by atoms with Gasteiger partial charge in [-0.1, -0.05) is 35.4 Å². The Kier molecular flexibility index (Phi) is 6.34. The van der Waals surface area contributed by atoms with Crippen LogP contribution in [0.3, 0.4) is 0 Å². The molecule has 0 saturated carbocycles. The molecule has 0 amide bonds. The lowest BCUT2D eigenvalue weighted by atomic mass is 10.2. The van der Waals surface area contributed by atoms with Crippen molar-refractivity contribution in [2.45, 2.75) is 12.7 Å². The molecule has 108 valence electrons. The Morgan fingerprint density at radius 3 is 2.75 bits per heavy atom. The van der Waals surface area contributed by atoms with Crippen molar-refractivity contribution in [2.24, 2.45) is 5.11 Å². The molecule has 1 aliphatic rings. The lowest BCUT2D eigenvalue weighted by Gasteiger charge is -2.29. The number of hydrogen-bond donors (Lipinski definition) is 0. The van der Waals surface area contributed by atoms with Crippen molar-refractivity contribution in [3.63, 3.8) is 0 Å². The first-order chi connectivity index (χ1) is 9.88. The molecule has 1 aromatic rings. The first-order valence-corrected chi connectivity index (χ1v) is 6.85. The highest BCUT2D eigenvalue weighted by Gasteiger charge is 2.16. The van der Waals surface area contributed by atoms with Gasteiger partial charge in [0.2, 0.25) is 0 Å². The number of ether oxygens (including phenoxy) is 2. The minimum Gasteiger partial charge on any atom is -0.379 e. The predicted molar refractivity (Wildman–Crippen MR) is 76.3 cm³/mol. The molecule has 0 bridgehead atoms. The van der Waals surface area contributed by atoms with Crippen molar-refractivity contribution in [3.8, 4) is 0 Å². The third kappa shape index (κ3) is 5.19. The van der Waals surface area contributed by atoms with Gasteiger partial charge in [0.05, 0.1) is 32.5 Å². The van der Waals surface area contributed by atoms with E-state index in [1.54, 1.807) is 0 Å². The van der Waals surface area contributed by atoms with E-state index >= 15 is 0 Å². The minimum absolute atomic E-state index is 0.0794. The molecule has 1 atom stereocenters. The van der Waals surface area contributed by atoms with E-state index in [0.717, 1.165) is 38.4 Å². The fraction of sp³-hybridized carbons (Fsp3) is 0.571. The Hall–Kier alpha value is -1.59. The average molecular weight is 276 g/mol. The van der Waals surface area contributed by atoms with Gasteiger partial charge in [-0.15, -0.1) is 0 Å². The summed E-state index contributed by atoms with van der Waals surface area (Å²) in [6.07, 6.45) is -0.0794. The van der Waals surface area contributed by atoms with Crippen molar-refractivity contribution in [1.29, 1.82) is 0 Å². The molecule has 0 aliphatic carbocycles. The molecule has 0 aromatic heterocycles. The second kappa shape index (κ2) is 8.55. The van der Waals surface area contributed by atoms with Gasteiger partial charge in [0.25, 0.3) is 0 Å². The normalized spacial score (nSPS) is 17.4. The number of benzene rings is 1. The molecule has 2 rings (SSSR count). The molecule has 1 saturated heterocycles. The smallest absolute Gasteiger partial charge is 0.0762 e. The highest BCUT2D eigenvalue weighted by molar-refractivity contribution is 5.13. The molecule has 0 radical (unpaired) electrons. The molecule has 1 fully saturated rings. The largest absolute Gasteiger partial charge is 0.379 e. The highest BCUT2D eigenvalue weighted by atomic mass is 16.5. The molecular formula is C14H20N4O2. The van der Waals surface area contributed by atoms with Crippen molar-refractivity contribution >= 4 is 0 Å². The first-order valence-electron chi connectivity index (χ1n) is 6.85. The average Bonchev–Trinajstić information content (AvgIpc) is 2.52. The molecule has 20 heavy (non-hydrogen) atoms. The third-order valence-electron chi connectivity index (χ3n) is 3.24. The van der Waals surface area contributed by atoms with Gasteiger partial charge in [-0.05, 0) is 11.1 Å². The Morgan fingerprint density at radius 1 is 1.30 bits per heavy atom. The third-order valence-corrected chi connectivity index (χ3v) is 3.24. The lowest BCUT2D eigenvalue weighted by molar-refractivity contribution is -0.0143. The summed E-state index contributed by atoms with van der Waals surface area (Å²) in [7, 11) is 0. The van der Waals surface area contributed by atoms with E-state index in [1.807, 2.05) is 30.3 Å². The summed E-state index contributed by atoms with van der Waals surface area (Å²) in [5.74, 6) is 0. The topological polar surface area (TPSA) is 70.5 Å². The van der Waals surface area contributed by atoms with Gasteiger partial charge in [0.1, 0.15) is 0 Å². The summed E-state index contributed by atoms with van der Waals surface area (Å²) in [5.41, 5.74) is 9.60. The quantitative estimate of drug-likeness (QED) is 0.435. The van der Waals surface area contributed by atoms with E-state index in [-0.39, 0.29) is 6.10 Å². The fourth-order valence-electron chi connectivity index (χ4n) is 2.15. The molecule has 0 N–H and O–H groups in total. The monoisotopic (exact) mass is 276 g/mol. The van der Waals surface area contributed by atoms with Gasteiger partial charge >= 0.3 is 0 Å². The Labute approximate surface area is 118 Å². The van der Waals surface area contributed by atoms with E-state index in [0.29, 0.717) is 13.2 Å². The summed E-state index contributed by atoms with van der Waals surface area (Å²) in [4.78, 5) is 5.11. The van der Waals surface area contributed by atoms with E-state index in [4.69, 9.17) is 15.0 Å². The summed E-state index contributed by atoms with van der Waals surface area (Å²) < 4.78 is 11.2. The molecule has 1 unspecified atom stereocenters. The predicted octanol–water partition coefficient (Wildman–Crippen LogP) is 2.21. The summed E-state index contributed by atoms with van der Waals surface area (Å²) in [5, 5.41) is 3.65. The Morgan fingerprint density at radius 2 is 2.05 bits per heavy atom. The number of rotatable bonds is 7. The summed E-state index contributed by atoms with van der Waals surface area (Å²) in [6, 6.07) is 10.0. The van der Waals surface area contributed by atoms with Gasteiger partial charge in [-0.2, -0.15) is 0 Å². The van der Waals surface area contributed by atoms with Crippen molar-refractivity contribution in [1.82, 2.24) is 4.90 Å². The molecule has 1 aromatic carbocycles. The standard InChI is InChI=1S/C14H20N4O2/c15-17-16-10-14(11-18-6-8-19-9-7-18)20-12-13-4-2-1-3-5-13/h1-5,14H,6-12H2. The van der Waals surface area contributed by atoms with Gasteiger partial charge in [0.15, 0.2) is 0 Å². The lowest BCUT2D eigenvalue weighted by Crippen LogP contribution is -2.42. The summed E-state index contributed by atoms with van der Waals surface area (Å²) >= 11 is 0. The van der Waals surface area contributed by atoms with Crippen LogP contribution in [0.25, 0.3) is 10.4 Å². The zero-order valence-electron chi connectivity index (χ0n) is 11.5. The van der Waals surface area contributed by atoms with Crippen LogP contribution in [0.15, 0.2) is 35.4 Å². The van der Waals surface area contributed by atoms with E-state index < -0.39 is 0 Å². The Bertz CT molecular complexity index is 428. The maximum Gasteiger partial charge on any atom is 0.0762 e. The van der Waals surface area contributed by atoms with E-state index in [9.17, 15) is 0 Å². The van der Waals surface area contributed by atoms with Crippen LogP contribution < -0.4 is 0 Å². The van der Waals surface area contributed by atoms with Gasteiger partial charge in [-0.25, -0.2) is 0 Å². The fourth-order valence-corrected chi connectivity index (χ4v) is 2.15. The van der Waals surface area contributed by atoms with Gasteiger partial charge < -0.3 is 9.47 Å². The SMILES string of the molecule is [N-]=[N+]=NCC(CN1CCOCC1)OCc1ccccc1. The highest BCUT2D eigenvalue weighted by Crippen LogP contribution is 2.07. The maximum absolute atomic E-state index is 8.48. The van der Waals surface area contributed by atoms with Gasteiger partial charge in [0, 0.05) is 24.5 Å². The molecular weight excluding hydrogens is 256 g/mol. The molecule has 1 aliphatic heterocycles. The number of nitrogens with zero attached hydrogens (tertiary/aromatic N) is 4. The van der Waals surface area contributed by atoms with Crippen LogP contribution in [0.2, 0.25) is 0 Å². The molecule has 6 nitrogen and oxygen atoms in total. The van der Waals surface area contributed by atoms with Crippen LogP contribution in [0, 0.1) is 0 Å². The number of azide groups is 1. The molecule has 1 heterocycles. The van der Waals surface area contributed by atoms with Gasteiger partial charge in [-0.3, -0.25) is 4.90 Å². The summed E-state index contributed by atoms with van der Waals surface area (Å²) in [6.45, 7) is 5.00. The zero-order chi connectivity index (χ0) is 14.0. The van der Waals surface area contributed by atoms with E-state index in [1.165, 1.54) is 0 Å². The molecule has 0 spiro atoms. The number of hydrogen-bond acceptors (Lipinski definition) is 4. The minimum atomic E-state index is -0.0794. The maximum atomic E-state index is 8.48. The van der Waals surface area contributed by atoms with Crippen LogP contribution >= 0.6 is 0 Å². The van der Waals surface area contributed by atoms with Crippen LogP contribution in [0.1, 0.15) is 5.56 Å². The first kappa shape index (κ1) is 14.8. The van der Waals surface area contributed by atoms with Crippen molar-refractivity contribution < 1.29 is 9.47 Å². The molecule has 6 heteroatoms. The second-order valence-electron chi connectivity index (χ2n) is 4.75. The second-order valence-corrected chi connectivity index (χ2v) is 4.75. The van der Waals surface area contributed by atoms with Crippen molar-refractivity contribution in [2.75, 3.05) is 39.4 Å². The van der Waals surface area contributed by atoms with Crippen LogP contribution in [-0.2, 0) is 16.1 Å². The number of morpholine rings is 1. The zero-order valence-corrected chi connectivity index (χ0v) is 11.5. The van der Waals surface area contributed by atoms with Crippen molar-refractivity contribution in [3.05, 3.63) is 46.3 Å².